The van der Waals surface area contributed by atoms with Crippen LogP contribution in [0.15, 0.2) is 0 Å². The molecule has 0 aromatic carbocycles. The van der Waals surface area contributed by atoms with Gasteiger partial charge in [0.15, 0.2) is 0 Å². The van der Waals surface area contributed by atoms with Crippen molar-refractivity contribution in [2.75, 3.05) is 33.2 Å². The number of piperidine rings is 1. The molecule has 6 heteroatoms. The Morgan fingerprint density at radius 2 is 2.04 bits per heavy atom. The average molecular weight is 326 g/mol. The van der Waals surface area contributed by atoms with Crippen molar-refractivity contribution >= 4 is 11.9 Å². The lowest BCUT2D eigenvalue weighted by atomic mass is 9.97. The third-order valence-corrected chi connectivity index (χ3v) is 4.63. The number of carbonyl (C=O) groups is 2. The van der Waals surface area contributed by atoms with Gasteiger partial charge in [0.05, 0.1) is 5.92 Å². The number of urea groups is 1. The number of nitrogens with one attached hydrogen (secondary N) is 1. The van der Waals surface area contributed by atoms with Crippen LogP contribution in [0.3, 0.4) is 0 Å². The van der Waals surface area contributed by atoms with E-state index in [-0.39, 0.29) is 23.9 Å². The topological polar surface area (TPSA) is 78.7 Å². The zero-order chi connectivity index (χ0) is 17.4. The minimum absolute atomic E-state index is 0.00759. The predicted octanol–water partition coefficient (Wildman–Crippen LogP) is 1.65. The van der Waals surface area contributed by atoms with Crippen LogP contribution in [0.2, 0.25) is 0 Å². The van der Waals surface area contributed by atoms with Crippen LogP contribution in [0.25, 0.3) is 0 Å². The molecule has 0 aliphatic carbocycles. The highest BCUT2D eigenvalue weighted by Crippen LogP contribution is 2.16. The molecule has 0 unspecified atom stereocenters. The van der Waals surface area contributed by atoms with Crippen molar-refractivity contribution in [2.45, 2.75) is 52.5 Å². The first kappa shape index (κ1) is 19.7. The van der Waals surface area contributed by atoms with E-state index in [1.807, 2.05) is 7.05 Å². The molecule has 3 N–H and O–H groups in total. The highest BCUT2D eigenvalue weighted by Gasteiger charge is 2.23. The fourth-order valence-electron chi connectivity index (χ4n) is 3.15. The van der Waals surface area contributed by atoms with Gasteiger partial charge in [-0.1, -0.05) is 13.8 Å². The van der Waals surface area contributed by atoms with Gasteiger partial charge in [-0.15, -0.1) is 0 Å². The first-order valence-electron chi connectivity index (χ1n) is 8.83. The van der Waals surface area contributed by atoms with Crippen LogP contribution in [0.5, 0.6) is 0 Å². The van der Waals surface area contributed by atoms with Crippen LogP contribution in [0.1, 0.15) is 46.5 Å². The number of nitrogens with two attached hydrogens (primary N) is 1. The molecular weight excluding hydrogens is 292 g/mol. The molecule has 0 saturated carbocycles. The van der Waals surface area contributed by atoms with E-state index < -0.39 is 0 Å². The number of carbonyl (C=O) groups excluding carboxylic acids is 2. The summed E-state index contributed by atoms with van der Waals surface area (Å²) in [6.07, 6.45) is 3.83. The van der Waals surface area contributed by atoms with E-state index in [0.29, 0.717) is 12.5 Å². The molecule has 1 aliphatic heterocycles. The van der Waals surface area contributed by atoms with Crippen molar-refractivity contribution in [1.29, 1.82) is 0 Å². The van der Waals surface area contributed by atoms with E-state index in [9.17, 15) is 9.59 Å². The summed E-state index contributed by atoms with van der Waals surface area (Å²) in [5.74, 6) is 0.377. The minimum Gasteiger partial charge on any atom is -0.369 e. The molecule has 1 fully saturated rings. The van der Waals surface area contributed by atoms with Gasteiger partial charge in [0.2, 0.25) is 5.91 Å². The molecule has 0 spiro atoms. The second-order valence-corrected chi connectivity index (χ2v) is 7.22. The Kier molecular flexibility index (Phi) is 8.37. The molecule has 134 valence electrons. The van der Waals surface area contributed by atoms with Crippen molar-refractivity contribution in [2.24, 2.45) is 17.6 Å². The number of rotatable bonds is 8. The molecule has 2 atom stereocenters. The number of hydrogen-bond donors (Lipinski definition) is 2. The van der Waals surface area contributed by atoms with E-state index in [1.54, 1.807) is 4.90 Å². The molecule has 23 heavy (non-hydrogen) atoms. The predicted molar refractivity (Wildman–Crippen MR) is 93.1 cm³/mol. The maximum Gasteiger partial charge on any atom is 0.317 e. The van der Waals surface area contributed by atoms with Gasteiger partial charge in [-0.2, -0.15) is 0 Å². The molecule has 1 heterocycles. The van der Waals surface area contributed by atoms with E-state index in [4.69, 9.17) is 5.73 Å². The Morgan fingerprint density at radius 1 is 1.35 bits per heavy atom. The van der Waals surface area contributed by atoms with Gasteiger partial charge < -0.3 is 20.9 Å². The maximum atomic E-state index is 12.1. The monoisotopic (exact) mass is 326 g/mol. The lowest BCUT2D eigenvalue weighted by molar-refractivity contribution is -0.123. The molecule has 0 bridgehead atoms. The summed E-state index contributed by atoms with van der Waals surface area (Å²) in [4.78, 5) is 27.4. The quantitative estimate of drug-likeness (QED) is 0.666. The van der Waals surface area contributed by atoms with Crippen LogP contribution in [0.4, 0.5) is 4.79 Å². The van der Waals surface area contributed by atoms with Crippen molar-refractivity contribution in [1.82, 2.24) is 15.1 Å². The third-order valence-electron chi connectivity index (χ3n) is 4.63. The van der Waals surface area contributed by atoms with Gasteiger partial charge in [0.25, 0.3) is 0 Å². The lowest BCUT2D eigenvalue weighted by Gasteiger charge is -2.31. The zero-order valence-corrected chi connectivity index (χ0v) is 15.2. The highest BCUT2D eigenvalue weighted by molar-refractivity contribution is 5.77. The SMILES string of the molecule is CC(C)C[C@@H](C)N(C)C(=O)NCCCN1CCC[C@H](C(N)=O)C1. The summed E-state index contributed by atoms with van der Waals surface area (Å²) in [6, 6.07) is 0.236. The highest BCUT2D eigenvalue weighted by atomic mass is 16.2. The molecule has 1 saturated heterocycles. The fraction of sp³-hybridized carbons (Fsp3) is 0.882. The van der Waals surface area contributed by atoms with Crippen LogP contribution in [0, 0.1) is 11.8 Å². The molecule has 0 aromatic rings. The molecule has 0 aromatic heterocycles. The summed E-state index contributed by atoms with van der Waals surface area (Å²) in [5, 5.41) is 2.98. The van der Waals surface area contributed by atoms with Gasteiger partial charge in [-0.3, -0.25) is 4.79 Å². The summed E-state index contributed by atoms with van der Waals surface area (Å²) >= 11 is 0. The van der Waals surface area contributed by atoms with E-state index in [2.05, 4.69) is 31.0 Å². The third kappa shape index (κ3) is 7.20. The Labute approximate surface area is 140 Å². The normalized spacial score (nSPS) is 20.3. The number of nitrogens with zero attached hydrogens (tertiary/aromatic N) is 2. The van der Waals surface area contributed by atoms with Crippen molar-refractivity contribution in [3.63, 3.8) is 0 Å². The van der Waals surface area contributed by atoms with Crippen molar-refractivity contribution in [3.8, 4) is 0 Å². The fourth-order valence-corrected chi connectivity index (χ4v) is 3.15. The van der Waals surface area contributed by atoms with Gasteiger partial charge in [-0.25, -0.2) is 4.79 Å². The standard InChI is InChI=1S/C17H34N4O2/c1-13(2)11-14(3)20(4)17(23)19-8-6-10-21-9-5-7-15(12-21)16(18)22/h13-15H,5-12H2,1-4H3,(H2,18,22)(H,19,23)/t14-,15+/m1/s1. The van der Waals surface area contributed by atoms with Crippen LogP contribution < -0.4 is 11.1 Å². The van der Waals surface area contributed by atoms with E-state index >= 15 is 0 Å². The summed E-state index contributed by atoms with van der Waals surface area (Å²) in [5.41, 5.74) is 5.39. The summed E-state index contributed by atoms with van der Waals surface area (Å²) in [7, 11) is 1.85. The molecule has 6 nitrogen and oxygen atoms in total. The molecule has 1 aliphatic rings. The number of primary amides is 1. The molecule has 0 radical (unpaired) electrons. The van der Waals surface area contributed by atoms with Crippen molar-refractivity contribution < 1.29 is 9.59 Å². The van der Waals surface area contributed by atoms with Gasteiger partial charge in [0, 0.05) is 26.2 Å². The first-order chi connectivity index (χ1) is 10.8. The second-order valence-electron chi connectivity index (χ2n) is 7.22. The molecular formula is C17H34N4O2. The van der Waals surface area contributed by atoms with E-state index in [1.165, 1.54) is 0 Å². The van der Waals surface area contributed by atoms with Gasteiger partial charge in [-0.05, 0) is 51.6 Å². The maximum absolute atomic E-state index is 12.1. The molecule has 3 amide bonds. The summed E-state index contributed by atoms with van der Waals surface area (Å²) in [6.45, 7) is 9.75. The van der Waals surface area contributed by atoms with E-state index in [0.717, 1.165) is 45.3 Å². The van der Waals surface area contributed by atoms with Crippen LogP contribution in [-0.4, -0.2) is 61.0 Å². The largest absolute Gasteiger partial charge is 0.369 e. The van der Waals surface area contributed by atoms with Crippen LogP contribution >= 0.6 is 0 Å². The second kappa shape index (κ2) is 9.75. The zero-order valence-electron chi connectivity index (χ0n) is 15.2. The van der Waals surface area contributed by atoms with Crippen molar-refractivity contribution in [3.05, 3.63) is 0 Å². The van der Waals surface area contributed by atoms with Gasteiger partial charge in [0.1, 0.15) is 0 Å². The Morgan fingerprint density at radius 3 is 2.65 bits per heavy atom. The average Bonchev–Trinajstić information content (AvgIpc) is 2.50. The lowest BCUT2D eigenvalue weighted by Crippen LogP contribution is -2.44. The number of likely N-dealkylation sites (tertiary alicyclic amines) is 1. The first-order valence-corrected chi connectivity index (χ1v) is 8.83. The van der Waals surface area contributed by atoms with Gasteiger partial charge >= 0.3 is 6.03 Å². The number of hydrogen-bond acceptors (Lipinski definition) is 3. The Balaban J connectivity index is 2.21. The molecule has 1 rings (SSSR count). The smallest absolute Gasteiger partial charge is 0.317 e. The number of amides is 3. The Hall–Kier alpha value is -1.30. The van der Waals surface area contributed by atoms with Crippen LogP contribution in [-0.2, 0) is 4.79 Å². The Bertz CT molecular complexity index is 387. The summed E-state index contributed by atoms with van der Waals surface area (Å²) < 4.78 is 0. The minimum atomic E-state index is -0.191.